The molecule has 1 saturated carbocycles. The van der Waals surface area contributed by atoms with Gasteiger partial charge < -0.3 is 11.5 Å². The molecule has 0 saturated heterocycles. The molecule has 0 unspecified atom stereocenters. The van der Waals surface area contributed by atoms with Crippen LogP contribution in [-0.2, 0) is 0 Å². The number of hydrogen-bond donors (Lipinski definition) is 2. The lowest BCUT2D eigenvalue weighted by Gasteiger charge is -2.13. The minimum Gasteiger partial charge on any atom is -0.383 e. The Labute approximate surface area is 88.5 Å². The van der Waals surface area contributed by atoms with E-state index in [1.54, 1.807) is 6.20 Å². The van der Waals surface area contributed by atoms with Crippen LogP contribution in [0.4, 0.5) is 5.82 Å². The Hall–Kier alpha value is -0.800. The summed E-state index contributed by atoms with van der Waals surface area (Å²) in [7, 11) is 0. The summed E-state index contributed by atoms with van der Waals surface area (Å²) >= 11 is 5.84. The van der Waals surface area contributed by atoms with Crippen LogP contribution in [0, 0.1) is 5.92 Å². The normalized spacial score (nSPS) is 18.1. The van der Waals surface area contributed by atoms with Crippen molar-refractivity contribution >= 4 is 17.4 Å². The number of aromatic nitrogens is 1. The topological polar surface area (TPSA) is 64.9 Å². The Bertz CT molecular complexity index is 336. The van der Waals surface area contributed by atoms with Crippen molar-refractivity contribution in [2.75, 3.05) is 5.73 Å². The minimum atomic E-state index is -0.0197. The second kappa shape index (κ2) is 3.75. The number of nitrogens with two attached hydrogens (primary N) is 2. The highest BCUT2D eigenvalue weighted by molar-refractivity contribution is 6.30. The second-order valence-electron chi connectivity index (χ2n) is 3.91. The number of rotatable bonds is 3. The zero-order valence-electron chi connectivity index (χ0n) is 7.91. The first-order valence-corrected chi connectivity index (χ1v) is 5.21. The molecule has 0 radical (unpaired) electrons. The first-order chi connectivity index (χ1) is 6.66. The van der Waals surface area contributed by atoms with Crippen LogP contribution in [0.3, 0.4) is 0 Å². The zero-order chi connectivity index (χ0) is 10.1. The average molecular weight is 212 g/mol. The molecule has 4 N–H and O–H groups in total. The molecular formula is C10H14ClN3. The van der Waals surface area contributed by atoms with E-state index in [0.717, 1.165) is 17.9 Å². The van der Waals surface area contributed by atoms with Gasteiger partial charge in [0.25, 0.3) is 0 Å². The van der Waals surface area contributed by atoms with E-state index in [-0.39, 0.29) is 6.04 Å². The van der Waals surface area contributed by atoms with Gasteiger partial charge in [-0.3, -0.25) is 0 Å². The number of hydrogen-bond acceptors (Lipinski definition) is 3. The van der Waals surface area contributed by atoms with Gasteiger partial charge in [-0.15, -0.1) is 0 Å². The molecule has 4 heteroatoms. The van der Waals surface area contributed by atoms with Crippen molar-refractivity contribution in [3.8, 4) is 0 Å². The molecule has 1 heterocycles. The molecule has 1 aliphatic rings. The van der Waals surface area contributed by atoms with Crippen molar-refractivity contribution in [1.29, 1.82) is 0 Å². The first-order valence-electron chi connectivity index (χ1n) is 4.83. The van der Waals surface area contributed by atoms with E-state index in [1.165, 1.54) is 12.8 Å². The number of halogens is 1. The number of nitrogen functional groups attached to an aromatic ring is 1. The summed E-state index contributed by atoms with van der Waals surface area (Å²) in [4.78, 5) is 3.99. The summed E-state index contributed by atoms with van der Waals surface area (Å²) in [5, 5.41) is 0.598. The van der Waals surface area contributed by atoms with Gasteiger partial charge in [0.2, 0.25) is 0 Å². The van der Waals surface area contributed by atoms with Crippen molar-refractivity contribution in [2.45, 2.75) is 25.3 Å². The fraction of sp³-hybridized carbons (Fsp3) is 0.500. The number of anilines is 1. The lowest BCUT2D eigenvalue weighted by atomic mass is 10.0. The maximum absolute atomic E-state index is 6.03. The predicted molar refractivity (Wildman–Crippen MR) is 57.9 cm³/mol. The van der Waals surface area contributed by atoms with Gasteiger partial charge in [-0.25, -0.2) is 4.98 Å². The highest BCUT2D eigenvalue weighted by atomic mass is 35.5. The Morgan fingerprint density at radius 1 is 1.57 bits per heavy atom. The smallest absolute Gasteiger partial charge is 0.128 e. The molecule has 1 atom stereocenters. The Morgan fingerprint density at radius 3 is 2.93 bits per heavy atom. The monoisotopic (exact) mass is 211 g/mol. The molecule has 1 fully saturated rings. The molecule has 0 bridgehead atoms. The lowest BCUT2D eigenvalue weighted by Crippen LogP contribution is -2.14. The van der Waals surface area contributed by atoms with Crippen LogP contribution in [0.25, 0.3) is 0 Å². The van der Waals surface area contributed by atoms with Gasteiger partial charge in [0.15, 0.2) is 0 Å². The van der Waals surface area contributed by atoms with Gasteiger partial charge in [0.05, 0.1) is 5.02 Å². The third-order valence-electron chi connectivity index (χ3n) is 2.60. The number of nitrogens with zero attached hydrogens (tertiary/aromatic N) is 1. The molecule has 3 nitrogen and oxygen atoms in total. The molecule has 0 aliphatic heterocycles. The SMILES string of the molecule is Nc1ncc(Cl)cc1[C@@H](N)CC1CC1. The maximum Gasteiger partial charge on any atom is 0.128 e. The van der Waals surface area contributed by atoms with Gasteiger partial charge in [-0.2, -0.15) is 0 Å². The summed E-state index contributed by atoms with van der Waals surface area (Å²) in [6, 6.07) is 1.80. The van der Waals surface area contributed by atoms with E-state index in [1.807, 2.05) is 6.07 Å². The van der Waals surface area contributed by atoms with Gasteiger partial charge in [-0.05, 0) is 18.4 Å². The Balaban J connectivity index is 2.15. The third-order valence-corrected chi connectivity index (χ3v) is 2.81. The van der Waals surface area contributed by atoms with E-state index in [2.05, 4.69) is 4.98 Å². The lowest BCUT2D eigenvalue weighted by molar-refractivity contribution is 0.597. The molecule has 0 spiro atoms. The number of pyridine rings is 1. The van der Waals surface area contributed by atoms with Crippen LogP contribution in [0.15, 0.2) is 12.3 Å². The summed E-state index contributed by atoms with van der Waals surface area (Å²) in [5.41, 5.74) is 12.6. The molecular weight excluding hydrogens is 198 g/mol. The van der Waals surface area contributed by atoms with Crippen LogP contribution in [0.2, 0.25) is 5.02 Å². The molecule has 76 valence electrons. The van der Waals surface area contributed by atoms with Crippen LogP contribution in [0.1, 0.15) is 30.9 Å². The van der Waals surface area contributed by atoms with E-state index >= 15 is 0 Å². The van der Waals surface area contributed by atoms with E-state index in [0.29, 0.717) is 10.8 Å². The van der Waals surface area contributed by atoms with Crippen molar-refractivity contribution in [3.63, 3.8) is 0 Å². The van der Waals surface area contributed by atoms with Crippen LogP contribution in [-0.4, -0.2) is 4.98 Å². The quantitative estimate of drug-likeness (QED) is 0.805. The predicted octanol–water partition coefficient (Wildman–Crippen LogP) is 2.12. The first kappa shape index (κ1) is 9.74. The Kier molecular flexibility index (Phi) is 2.61. The van der Waals surface area contributed by atoms with Gasteiger partial charge in [0.1, 0.15) is 5.82 Å². The summed E-state index contributed by atoms with van der Waals surface area (Å²) in [5.74, 6) is 1.28. The summed E-state index contributed by atoms with van der Waals surface area (Å²) in [6.45, 7) is 0. The maximum atomic E-state index is 6.03. The van der Waals surface area contributed by atoms with Crippen molar-refractivity contribution in [2.24, 2.45) is 11.7 Å². The van der Waals surface area contributed by atoms with Gasteiger partial charge in [0, 0.05) is 17.8 Å². The highest BCUT2D eigenvalue weighted by Crippen LogP contribution is 2.37. The molecule has 14 heavy (non-hydrogen) atoms. The van der Waals surface area contributed by atoms with Crippen molar-refractivity contribution < 1.29 is 0 Å². The Morgan fingerprint density at radius 2 is 2.29 bits per heavy atom. The van der Waals surface area contributed by atoms with Crippen LogP contribution < -0.4 is 11.5 Å². The highest BCUT2D eigenvalue weighted by Gasteiger charge is 2.25. The molecule has 1 aliphatic carbocycles. The summed E-state index contributed by atoms with van der Waals surface area (Å²) < 4.78 is 0. The van der Waals surface area contributed by atoms with E-state index in [4.69, 9.17) is 23.1 Å². The molecule has 2 rings (SSSR count). The van der Waals surface area contributed by atoms with Gasteiger partial charge in [-0.1, -0.05) is 24.4 Å². The molecule has 0 amide bonds. The average Bonchev–Trinajstić information content (AvgIpc) is 2.93. The van der Waals surface area contributed by atoms with Crippen molar-refractivity contribution in [1.82, 2.24) is 4.98 Å². The third kappa shape index (κ3) is 2.16. The van der Waals surface area contributed by atoms with Crippen LogP contribution >= 0.6 is 11.6 Å². The zero-order valence-corrected chi connectivity index (χ0v) is 8.67. The summed E-state index contributed by atoms with van der Waals surface area (Å²) in [6.07, 6.45) is 5.12. The molecule has 1 aromatic heterocycles. The van der Waals surface area contributed by atoms with Crippen molar-refractivity contribution in [3.05, 3.63) is 22.8 Å². The standard InChI is InChI=1S/C10H14ClN3/c11-7-4-8(10(13)14-5-7)9(12)3-6-1-2-6/h4-6,9H,1-3,12H2,(H2,13,14)/t9-/m0/s1. The fourth-order valence-corrected chi connectivity index (χ4v) is 1.77. The van der Waals surface area contributed by atoms with Gasteiger partial charge >= 0.3 is 0 Å². The van der Waals surface area contributed by atoms with Crippen LogP contribution in [0.5, 0.6) is 0 Å². The van der Waals surface area contributed by atoms with E-state index in [9.17, 15) is 0 Å². The molecule has 1 aromatic rings. The minimum absolute atomic E-state index is 0.0197. The van der Waals surface area contributed by atoms with E-state index < -0.39 is 0 Å². The molecule has 0 aromatic carbocycles. The largest absolute Gasteiger partial charge is 0.383 e. The second-order valence-corrected chi connectivity index (χ2v) is 4.35. The fourth-order valence-electron chi connectivity index (χ4n) is 1.60.